The Labute approximate surface area is 220 Å². The summed E-state index contributed by atoms with van der Waals surface area (Å²) in [5.41, 5.74) is -0.0935. The summed E-state index contributed by atoms with van der Waals surface area (Å²) in [6, 6.07) is 8.36. The molecule has 0 saturated heterocycles. The summed E-state index contributed by atoms with van der Waals surface area (Å²) in [6.45, 7) is 5.41. The fourth-order valence-electron chi connectivity index (χ4n) is 3.74. The van der Waals surface area contributed by atoms with Gasteiger partial charge in [0.25, 0.3) is 0 Å². The smallest absolute Gasteiger partial charge is 0.432 e. The number of hydrogen-bond donors (Lipinski definition) is 0. The number of alkyl halides is 2. The molecule has 0 unspecified atom stereocenters. The second-order valence-corrected chi connectivity index (χ2v) is 8.91. The van der Waals surface area contributed by atoms with Crippen molar-refractivity contribution in [1.29, 1.82) is 0 Å². The monoisotopic (exact) mass is 554 g/mol. The van der Waals surface area contributed by atoms with Crippen LogP contribution in [0.15, 0.2) is 60.7 Å². The predicted octanol–water partition coefficient (Wildman–Crippen LogP) is 8.40. The number of rotatable bonds is 12. The minimum atomic E-state index is -4.65. The molecule has 0 N–H and O–H groups in total. The lowest BCUT2D eigenvalue weighted by Crippen LogP contribution is -2.25. The highest BCUT2D eigenvalue weighted by Gasteiger charge is 2.41. The zero-order valence-corrected chi connectivity index (χ0v) is 20.9. The molecule has 0 fully saturated rings. The lowest BCUT2D eigenvalue weighted by atomic mass is 9.99. The number of halogens is 7. The van der Waals surface area contributed by atoms with Gasteiger partial charge in [0.2, 0.25) is 0 Å². The molecule has 3 aromatic rings. The minimum absolute atomic E-state index is 0.0146. The van der Waals surface area contributed by atoms with Crippen molar-refractivity contribution in [2.75, 3.05) is 6.61 Å². The first-order valence-electron chi connectivity index (χ1n) is 12.0. The van der Waals surface area contributed by atoms with Crippen LogP contribution in [0.4, 0.5) is 30.7 Å². The van der Waals surface area contributed by atoms with Gasteiger partial charge in [-0.3, -0.25) is 0 Å². The fourth-order valence-corrected chi connectivity index (χ4v) is 3.74. The quantitative estimate of drug-likeness (QED) is 0.0742. The maximum atomic E-state index is 14.6. The SMILES string of the molecule is C=C(C)C(=O)OCCCCCCc1ccc(-c2cc(F)c(C(F)(F)Oc3cc(F)c(F)c(F)c3)c(F)c2)cc1. The second kappa shape index (κ2) is 12.8. The summed E-state index contributed by atoms with van der Waals surface area (Å²) >= 11 is 0. The molecule has 0 aliphatic carbocycles. The Morgan fingerprint density at radius 2 is 1.36 bits per heavy atom. The third kappa shape index (κ3) is 7.84. The Bertz CT molecular complexity index is 1290. The number of carbonyl (C=O) groups excluding carboxylic acids is 1. The molecule has 0 aliphatic rings. The fraction of sp³-hybridized carbons (Fsp3) is 0.276. The van der Waals surface area contributed by atoms with Gasteiger partial charge >= 0.3 is 12.1 Å². The Morgan fingerprint density at radius 1 is 0.795 bits per heavy atom. The first-order chi connectivity index (χ1) is 18.4. The van der Waals surface area contributed by atoms with Crippen LogP contribution < -0.4 is 4.74 Å². The van der Waals surface area contributed by atoms with E-state index in [4.69, 9.17) is 4.74 Å². The van der Waals surface area contributed by atoms with Gasteiger partial charge in [-0.25, -0.2) is 26.7 Å². The maximum Gasteiger partial charge on any atom is 0.432 e. The van der Waals surface area contributed by atoms with Gasteiger partial charge in [-0.15, -0.1) is 0 Å². The van der Waals surface area contributed by atoms with Crippen LogP contribution in [0.25, 0.3) is 11.1 Å². The summed E-state index contributed by atoms with van der Waals surface area (Å²) in [4.78, 5) is 11.3. The molecule has 0 heterocycles. The zero-order valence-electron chi connectivity index (χ0n) is 20.9. The summed E-state index contributed by atoms with van der Waals surface area (Å²) in [5.74, 6) is -10.4. The van der Waals surface area contributed by atoms with E-state index in [9.17, 15) is 35.5 Å². The molecule has 0 amide bonds. The highest BCUT2D eigenvalue weighted by atomic mass is 19.3. The number of aryl methyl sites for hydroxylation is 1. The van der Waals surface area contributed by atoms with Crippen LogP contribution in [0.1, 0.15) is 43.7 Å². The molecule has 0 aromatic heterocycles. The Balaban J connectivity index is 1.60. The molecule has 0 bridgehead atoms. The van der Waals surface area contributed by atoms with Crippen molar-refractivity contribution in [2.45, 2.75) is 45.1 Å². The molecule has 208 valence electrons. The molecule has 3 nitrogen and oxygen atoms in total. The van der Waals surface area contributed by atoms with Crippen molar-refractivity contribution in [3.05, 3.63) is 101 Å². The molecule has 0 spiro atoms. The molecule has 3 aromatic carbocycles. The van der Waals surface area contributed by atoms with Gasteiger partial charge in [-0.2, -0.15) is 8.78 Å². The van der Waals surface area contributed by atoms with Gasteiger partial charge < -0.3 is 9.47 Å². The van der Waals surface area contributed by atoms with Crippen LogP contribution >= 0.6 is 0 Å². The topological polar surface area (TPSA) is 35.5 Å². The van der Waals surface area contributed by atoms with E-state index in [1.807, 2.05) is 0 Å². The molecule has 0 radical (unpaired) electrons. The summed E-state index contributed by atoms with van der Waals surface area (Å²) in [7, 11) is 0. The number of ether oxygens (including phenoxy) is 2. The van der Waals surface area contributed by atoms with Crippen molar-refractivity contribution in [3.8, 4) is 16.9 Å². The highest BCUT2D eigenvalue weighted by Crippen LogP contribution is 2.37. The van der Waals surface area contributed by atoms with Crippen LogP contribution in [0.5, 0.6) is 5.75 Å². The third-order valence-corrected chi connectivity index (χ3v) is 5.77. The highest BCUT2D eigenvalue weighted by molar-refractivity contribution is 5.86. The van der Waals surface area contributed by atoms with Crippen LogP contribution in [0.2, 0.25) is 0 Å². The number of unbranched alkanes of at least 4 members (excludes halogenated alkanes) is 3. The van der Waals surface area contributed by atoms with Crippen LogP contribution in [0.3, 0.4) is 0 Å². The third-order valence-electron chi connectivity index (χ3n) is 5.77. The summed E-state index contributed by atoms with van der Waals surface area (Å²) in [5, 5.41) is 0. The average Bonchev–Trinajstić information content (AvgIpc) is 2.85. The molecular formula is C29H25F7O3. The van der Waals surface area contributed by atoms with E-state index in [-0.39, 0.29) is 17.7 Å². The minimum Gasteiger partial charge on any atom is -0.462 e. The van der Waals surface area contributed by atoms with Gasteiger partial charge in [-0.1, -0.05) is 43.7 Å². The van der Waals surface area contributed by atoms with E-state index in [0.29, 0.717) is 29.9 Å². The van der Waals surface area contributed by atoms with E-state index >= 15 is 0 Å². The number of esters is 1. The standard InChI is InChI=1S/C29H25F7O3/c1-17(2)28(37)38-12-6-4-3-5-7-18-8-10-19(11-9-18)20-13-22(30)26(23(31)14-20)29(35,36)39-21-15-24(32)27(34)25(33)16-21/h8-11,13-16H,1,3-7,12H2,2H3. The predicted molar refractivity (Wildman–Crippen MR) is 131 cm³/mol. The van der Waals surface area contributed by atoms with Crippen molar-refractivity contribution >= 4 is 5.97 Å². The zero-order chi connectivity index (χ0) is 28.7. The summed E-state index contributed by atoms with van der Waals surface area (Å²) < 4.78 is 107. The van der Waals surface area contributed by atoms with Gasteiger partial charge in [-0.05, 0) is 55.0 Å². The first kappa shape index (κ1) is 29.7. The molecule has 0 aliphatic heterocycles. The van der Waals surface area contributed by atoms with Crippen molar-refractivity contribution in [2.24, 2.45) is 0 Å². The molecular weight excluding hydrogens is 529 g/mol. The van der Waals surface area contributed by atoms with E-state index in [1.165, 1.54) is 0 Å². The number of benzene rings is 3. The van der Waals surface area contributed by atoms with Crippen LogP contribution in [-0.4, -0.2) is 12.6 Å². The number of carbonyl (C=O) groups is 1. The lowest BCUT2D eigenvalue weighted by molar-refractivity contribution is -0.189. The van der Waals surface area contributed by atoms with Crippen molar-refractivity contribution < 1.29 is 45.0 Å². The summed E-state index contributed by atoms with van der Waals surface area (Å²) in [6.07, 6.45) is -0.555. The van der Waals surface area contributed by atoms with E-state index in [1.54, 1.807) is 31.2 Å². The molecule has 0 atom stereocenters. The van der Waals surface area contributed by atoms with E-state index < -0.39 is 52.5 Å². The number of hydrogen-bond acceptors (Lipinski definition) is 3. The van der Waals surface area contributed by atoms with Gasteiger partial charge in [0.1, 0.15) is 22.9 Å². The average molecular weight is 555 g/mol. The Hall–Kier alpha value is -3.82. The van der Waals surface area contributed by atoms with Crippen LogP contribution in [0, 0.1) is 29.1 Å². The Kier molecular flexibility index (Phi) is 9.77. The Morgan fingerprint density at radius 3 is 1.92 bits per heavy atom. The largest absolute Gasteiger partial charge is 0.462 e. The molecule has 10 heteroatoms. The van der Waals surface area contributed by atoms with Gasteiger partial charge in [0.15, 0.2) is 17.5 Å². The molecule has 3 rings (SSSR count). The van der Waals surface area contributed by atoms with Gasteiger partial charge in [0.05, 0.1) is 6.61 Å². The van der Waals surface area contributed by atoms with Gasteiger partial charge in [0, 0.05) is 17.7 Å². The molecule has 0 saturated carbocycles. The molecule has 39 heavy (non-hydrogen) atoms. The van der Waals surface area contributed by atoms with E-state index in [2.05, 4.69) is 11.3 Å². The van der Waals surface area contributed by atoms with Crippen molar-refractivity contribution in [3.63, 3.8) is 0 Å². The maximum absolute atomic E-state index is 14.6. The first-order valence-corrected chi connectivity index (χ1v) is 12.0. The van der Waals surface area contributed by atoms with E-state index in [0.717, 1.165) is 37.7 Å². The van der Waals surface area contributed by atoms with Crippen molar-refractivity contribution in [1.82, 2.24) is 0 Å². The second-order valence-electron chi connectivity index (χ2n) is 8.91. The lowest BCUT2D eigenvalue weighted by Gasteiger charge is -2.20. The van der Waals surface area contributed by atoms with Crippen LogP contribution in [-0.2, 0) is 22.1 Å². The normalized spacial score (nSPS) is 11.4.